The molecular formula is C18H16N2O2. The molecule has 110 valence electrons. The number of rotatable bonds is 5. The summed E-state index contributed by atoms with van der Waals surface area (Å²) in [6.07, 6.45) is 0.0282. The molecule has 2 N–H and O–H groups in total. The summed E-state index contributed by atoms with van der Waals surface area (Å²) in [5, 5.41) is 16.5. The van der Waals surface area contributed by atoms with Gasteiger partial charge in [0, 0.05) is 17.2 Å². The minimum atomic E-state index is -0.829. The third-order valence-corrected chi connectivity index (χ3v) is 3.62. The van der Waals surface area contributed by atoms with E-state index in [0.29, 0.717) is 0 Å². The van der Waals surface area contributed by atoms with E-state index in [1.165, 1.54) is 0 Å². The molecule has 1 aromatic heterocycles. The molecule has 1 unspecified atom stereocenters. The van der Waals surface area contributed by atoms with Gasteiger partial charge < -0.3 is 5.11 Å². The maximum absolute atomic E-state index is 11.2. The fourth-order valence-corrected chi connectivity index (χ4v) is 2.54. The average Bonchev–Trinajstić information content (AvgIpc) is 3.04. The van der Waals surface area contributed by atoms with Gasteiger partial charge in [0.2, 0.25) is 0 Å². The largest absolute Gasteiger partial charge is 0.481 e. The number of aromatic amines is 1. The molecule has 0 aliphatic rings. The summed E-state index contributed by atoms with van der Waals surface area (Å²) in [5.74, 6) is -1.06. The van der Waals surface area contributed by atoms with Gasteiger partial charge in [-0.05, 0) is 11.6 Å². The zero-order chi connectivity index (χ0) is 15.4. The van der Waals surface area contributed by atoms with Crippen LogP contribution < -0.4 is 0 Å². The lowest BCUT2D eigenvalue weighted by Gasteiger charge is -2.13. The Kier molecular flexibility index (Phi) is 4.01. The maximum atomic E-state index is 11.2. The molecule has 22 heavy (non-hydrogen) atoms. The Labute approximate surface area is 128 Å². The van der Waals surface area contributed by atoms with Gasteiger partial charge in [0.15, 0.2) is 0 Å². The zero-order valence-corrected chi connectivity index (χ0v) is 11.9. The van der Waals surface area contributed by atoms with E-state index in [-0.39, 0.29) is 12.3 Å². The molecule has 2 aromatic carbocycles. The number of hydrogen-bond acceptors (Lipinski definition) is 2. The number of nitrogens with zero attached hydrogens (tertiary/aromatic N) is 1. The summed E-state index contributed by atoms with van der Waals surface area (Å²) in [4.78, 5) is 11.2. The van der Waals surface area contributed by atoms with Crippen molar-refractivity contribution >= 4 is 5.97 Å². The van der Waals surface area contributed by atoms with Gasteiger partial charge in [0.05, 0.1) is 12.1 Å². The van der Waals surface area contributed by atoms with E-state index in [1.54, 1.807) is 0 Å². The van der Waals surface area contributed by atoms with Crippen molar-refractivity contribution < 1.29 is 9.90 Å². The Hall–Kier alpha value is -2.88. The van der Waals surface area contributed by atoms with E-state index in [4.69, 9.17) is 0 Å². The van der Waals surface area contributed by atoms with Gasteiger partial charge in [-0.2, -0.15) is 5.10 Å². The quantitative estimate of drug-likeness (QED) is 0.753. The second-order valence-corrected chi connectivity index (χ2v) is 5.14. The molecule has 0 fully saturated rings. The summed E-state index contributed by atoms with van der Waals surface area (Å²) in [5.41, 5.74) is 3.61. The van der Waals surface area contributed by atoms with E-state index in [9.17, 15) is 9.90 Å². The Bertz CT molecular complexity index is 751. The lowest BCUT2D eigenvalue weighted by molar-refractivity contribution is -0.137. The molecule has 3 aromatic rings. The summed E-state index contributed by atoms with van der Waals surface area (Å²) in [6, 6.07) is 21.4. The summed E-state index contributed by atoms with van der Waals surface area (Å²) < 4.78 is 0. The van der Waals surface area contributed by atoms with Crippen LogP contribution in [0.1, 0.15) is 23.6 Å². The van der Waals surface area contributed by atoms with Gasteiger partial charge in [0.1, 0.15) is 0 Å². The molecule has 0 saturated carbocycles. The van der Waals surface area contributed by atoms with Crippen LogP contribution in [-0.4, -0.2) is 21.3 Å². The lowest BCUT2D eigenvalue weighted by atomic mass is 9.92. The molecule has 0 aliphatic heterocycles. The van der Waals surface area contributed by atoms with Gasteiger partial charge in [-0.3, -0.25) is 9.89 Å². The van der Waals surface area contributed by atoms with Gasteiger partial charge in [0.25, 0.3) is 0 Å². The first-order chi connectivity index (χ1) is 10.7. The number of carboxylic acid groups (broad SMARTS) is 1. The molecule has 1 heterocycles. The molecule has 0 amide bonds. The number of aromatic nitrogens is 2. The molecule has 0 bridgehead atoms. The number of aliphatic carboxylic acids is 1. The zero-order valence-electron chi connectivity index (χ0n) is 11.9. The van der Waals surface area contributed by atoms with Crippen LogP contribution in [0.2, 0.25) is 0 Å². The van der Waals surface area contributed by atoms with E-state index < -0.39 is 5.97 Å². The predicted molar refractivity (Wildman–Crippen MR) is 84.6 cm³/mol. The summed E-state index contributed by atoms with van der Waals surface area (Å²) >= 11 is 0. The Balaban J connectivity index is 1.95. The van der Waals surface area contributed by atoms with Crippen LogP contribution >= 0.6 is 0 Å². The molecule has 1 atom stereocenters. The van der Waals surface area contributed by atoms with Crippen molar-refractivity contribution in [3.05, 3.63) is 78.0 Å². The van der Waals surface area contributed by atoms with Gasteiger partial charge in [-0.1, -0.05) is 60.7 Å². The van der Waals surface area contributed by atoms with Crippen LogP contribution in [0.5, 0.6) is 0 Å². The van der Waals surface area contributed by atoms with Crippen LogP contribution in [-0.2, 0) is 4.79 Å². The molecule has 0 saturated heterocycles. The fraction of sp³-hybridized carbons (Fsp3) is 0.111. The number of hydrogen-bond donors (Lipinski definition) is 2. The minimum Gasteiger partial charge on any atom is -0.481 e. The number of benzene rings is 2. The van der Waals surface area contributed by atoms with Gasteiger partial charge in [-0.25, -0.2) is 0 Å². The molecule has 0 spiro atoms. The third kappa shape index (κ3) is 3.06. The van der Waals surface area contributed by atoms with E-state index in [0.717, 1.165) is 22.5 Å². The first-order valence-electron chi connectivity index (χ1n) is 7.11. The minimum absolute atomic E-state index is 0.0282. The van der Waals surface area contributed by atoms with Crippen LogP contribution in [0.25, 0.3) is 11.3 Å². The third-order valence-electron chi connectivity index (χ3n) is 3.62. The SMILES string of the molecule is O=C(O)CC(c1ccccc1)c1cc(-c2ccccc2)n[nH]1. The standard InChI is InChI=1S/C18H16N2O2/c21-18(22)11-15(13-7-3-1-4-8-13)17-12-16(19-20-17)14-9-5-2-6-10-14/h1-10,12,15H,11H2,(H,19,20)(H,21,22). The second-order valence-electron chi connectivity index (χ2n) is 5.14. The molecule has 0 aliphatic carbocycles. The van der Waals surface area contributed by atoms with E-state index in [2.05, 4.69) is 10.2 Å². The van der Waals surface area contributed by atoms with E-state index >= 15 is 0 Å². The average molecular weight is 292 g/mol. The monoisotopic (exact) mass is 292 g/mol. The highest BCUT2D eigenvalue weighted by Gasteiger charge is 2.20. The van der Waals surface area contributed by atoms with E-state index in [1.807, 2.05) is 66.7 Å². The number of H-pyrrole nitrogens is 1. The highest BCUT2D eigenvalue weighted by Crippen LogP contribution is 2.29. The molecule has 0 radical (unpaired) electrons. The topological polar surface area (TPSA) is 66.0 Å². The first kappa shape index (κ1) is 14.1. The van der Waals surface area contributed by atoms with Crippen LogP contribution in [0.3, 0.4) is 0 Å². The van der Waals surface area contributed by atoms with Crippen molar-refractivity contribution in [3.63, 3.8) is 0 Å². The van der Waals surface area contributed by atoms with Gasteiger partial charge in [-0.15, -0.1) is 0 Å². The van der Waals surface area contributed by atoms with Crippen molar-refractivity contribution in [3.8, 4) is 11.3 Å². The summed E-state index contributed by atoms with van der Waals surface area (Å²) in [7, 11) is 0. The molecule has 3 rings (SSSR count). The van der Waals surface area contributed by atoms with Crippen molar-refractivity contribution in [1.82, 2.24) is 10.2 Å². The lowest BCUT2D eigenvalue weighted by Crippen LogP contribution is -2.08. The summed E-state index contributed by atoms with van der Waals surface area (Å²) in [6.45, 7) is 0. The fourth-order valence-electron chi connectivity index (χ4n) is 2.54. The normalized spacial score (nSPS) is 12.0. The van der Waals surface area contributed by atoms with Crippen molar-refractivity contribution in [1.29, 1.82) is 0 Å². The number of carboxylic acids is 1. The van der Waals surface area contributed by atoms with Crippen molar-refractivity contribution in [2.24, 2.45) is 0 Å². The molecule has 4 nitrogen and oxygen atoms in total. The smallest absolute Gasteiger partial charge is 0.304 e. The van der Waals surface area contributed by atoms with Crippen LogP contribution in [0, 0.1) is 0 Å². The highest BCUT2D eigenvalue weighted by molar-refractivity contribution is 5.69. The van der Waals surface area contributed by atoms with Crippen LogP contribution in [0.15, 0.2) is 66.7 Å². The first-order valence-corrected chi connectivity index (χ1v) is 7.11. The predicted octanol–water partition coefficient (Wildman–Crippen LogP) is 3.68. The number of carbonyl (C=O) groups is 1. The Morgan fingerprint density at radius 2 is 1.68 bits per heavy atom. The van der Waals surface area contributed by atoms with Crippen molar-refractivity contribution in [2.75, 3.05) is 0 Å². The molecule has 4 heteroatoms. The Morgan fingerprint density at radius 3 is 2.32 bits per heavy atom. The second kappa shape index (κ2) is 6.26. The Morgan fingerprint density at radius 1 is 1.05 bits per heavy atom. The number of nitrogens with one attached hydrogen (secondary N) is 1. The maximum Gasteiger partial charge on any atom is 0.304 e. The van der Waals surface area contributed by atoms with Crippen LogP contribution in [0.4, 0.5) is 0 Å². The van der Waals surface area contributed by atoms with Crippen molar-refractivity contribution in [2.45, 2.75) is 12.3 Å². The highest BCUT2D eigenvalue weighted by atomic mass is 16.4. The molecular weight excluding hydrogens is 276 g/mol. The van der Waals surface area contributed by atoms with Gasteiger partial charge >= 0.3 is 5.97 Å².